The molecule has 0 radical (unpaired) electrons. The van der Waals surface area contributed by atoms with Crippen LogP contribution in [0.1, 0.15) is 26.7 Å². The average molecular weight is 306 g/mol. The fourth-order valence-corrected chi connectivity index (χ4v) is 2.17. The molecule has 22 heavy (non-hydrogen) atoms. The Morgan fingerprint density at radius 1 is 1.27 bits per heavy atom. The SMILES string of the molecule is CC(C)Oc1ccc(NC(=O)C(=O)NC[C@@H]2CCCO2)cc1. The lowest BCUT2D eigenvalue weighted by Crippen LogP contribution is -2.39. The monoisotopic (exact) mass is 306 g/mol. The van der Waals surface area contributed by atoms with Gasteiger partial charge in [0.2, 0.25) is 0 Å². The fraction of sp³-hybridized carbons (Fsp3) is 0.500. The van der Waals surface area contributed by atoms with Gasteiger partial charge >= 0.3 is 11.8 Å². The van der Waals surface area contributed by atoms with Crippen molar-refractivity contribution >= 4 is 17.5 Å². The van der Waals surface area contributed by atoms with E-state index in [4.69, 9.17) is 9.47 Å². The number of amides is 2. The Labute approximate surface area is 130 Å². The molecule has 2 N–H and O–H groups in total. The van der Waals surface area contributed by atoms with Gasteiger partial charge in [-0.1, -0.05) is 0 Å². The van der Waals surface area contributed by atoms with Crippen LogP contribution in [-0.4, -0.2) is 37.2 Å². The van der Waals surface area contributed by atoms with E-state index in [1.54, 1.807) is 24.3 Å². The third-order valence-electron chi connectivity index (χ3n) is 3.20. The highest BCUT2D eigenvalue weighted by Crippen LogP contribution is 2.16. The molecule has 1 aromatic carbocycles. The Bertz CT molecular complexity index is 507. The lowest BCUT2D eigenvalue weighted by Gasteiger charge is -2.12. The molecule has 0 bridgehead atoms. The van der Waals surface area contributed by atoms with Crippen molar-refractivity contribution in [1.82, 2.24) is 5.32 Å². The molecule has 1 fully saturated rings. The first-order valence-corrected chi connectivity index (χ1v) is 7.52. The fourth-order valence-electron chi connectivity index (χ4n) is 2.17. The lowest BCUT2D eigenvalue weighted by molar-refractivity contribution is -0.136. The van der Waals surface area contributed by atoms with Gasteiger partial charge in [-0.25, -0.2) is 0 Å². The van der Waals surface area contributed by atoms with Crippen molar-refractivity contribution in [2.45, 2.75) is 38.9 Å². The summed E-state index contributed by atoms with van der Waals surface area (Å²) in [6.07, 6.45) is 2.02. The highest BCUT2D eigenvalue weighted by molar-refractivity contribution is 6.39. The van der Waals surface area contributed by atoms with Gasteiger partial charge in [0.15, 0.2) is 0 Å². The van der Waals surface area contributed by atoms with E-state index < -0.39 is 11.8 Å². The maximum absolute atomic E-state index is 11.8. The summed E-state index contributed by atoms with van der Waals surface area (Å²) in [5, 5.41) is 5.13. The zero-order valence-corrected chi connectivity index (χ0v) is 12.9. The minimum absolute atomic E-state index is 0.0178. The maximum atomic E-state index is 11.8. The third kappa shape index (κ3) is 5.04. The molecule has 6 nitrogen and oxygen atoms in total. The highest BCUT2D eigenvalue weighted by atomic mass is 16.5. The Morgan fingerprint density at radius 3 is 2.59 bits per heavy atom. The summed E-state index contributed by atoms with van der Waals surface area (Å²) < 4.78 is 10.9. The van der Waals surface area contributed by atoms with E-state index >= 15 is 0 Å². The predicted octanol–water partition coefficient (Wildman–Crippen LogP) is 1.71. The molecule has 0 unspecified atom stereocenters. The summed E-state index contributed by atoms with van der Waals surface area (Å²) in [6, 6.07) is 6.89. The molecule has 0 aromatic heterocycles. The highest BCUT2D eigenvalue weighted by Gasteiger charge is 2.19. The van der Waals surface area contributed by atoms with Crippen molar-refractivity contribution in [1.29, 1.82) is 0 Å². The third-order valence-corrected chi connectivity index (χ3v) is 3.20. The van der Waals surface area contributed by atoms with E-state index in [-0.39, 0.29) is 12.2 Å². The van der Waals surface area contributed by atoms with Crippen molar-refractivity contribution in [2.75, 3.05) is 18.5 Å². The van der Waals surface area contributed by atoms with Crippen LogP contribution in [0.25, 0.3) is 0 Å². The van der Waals surface area contributed by atoms with E-state index in [2.05, 4.69) is 10.6 Å². The second-order valence-electron chi connectivity index (χ2n) is 5.49. The summed E-state index contributed by atoms with van der Waals surface area (Å²) in [5.41, 5.74) is 0.549. The first kappa shape index (κ1) is 16.3. The van der Waals surface area contributed by atoms with Crippen LogP contribution in [0.3, 0.4) is 0 Å². The Hall–Kier alpha value is -2.08. The van der Waals surface area contributed by atoms with Gasteiger partial charge < -0.3 is 20.1 Å². The smallest absolute Gasteiger partial charge is 0.313 e. The molecule has 0 saturated carbocycles. The molecular weight excluding hydrogens is 284 g/mol. The number of rotatable bonds is 5. The summed E-state index contributed by atoms with van der Waals surface area (Å²) in [6.45, 7) is 4.97. The van der Waals surface area contributed by atoms with Gasteiger partial charge in [0.25, 0.3) is 0 Å². The summed E-state index contributed by atoms with van der Waals surface area (Å²) in [4.78, 5) is 23.5. The first-order valence-electron chi connectivity index (χ1n) is 7.52. The topological polar surface area (TPSA) is 76.7 Å². The standard InChI is InChI=1S/C16H22N2O4/c1-11(2)22-13-7-5-12(6-8-13)18-16(20)15(19)17-10-14-4-3-9-21-14/h5-8,11,14H,3-4,9-10H2,1-2H3,(H,17,19)(H,18,20)/t14-/m0/s1. The number of hydrogen-bond acceptors (Lipinski definition) is 4. The van der Waals surface area contributed by atoms with Crippen molar-refractivity contribution in [3.05, 3.63) is 24.3 Å². The van der Waals surface area contributed by atoms with Crippen LogP contribution < -0.4 is 15.4 Å². The number of anilines is 1. The van der Waals surface area contributed by atoms with Crippen LogP contribution >= 0.6 is 0 Å². The minimum atomic E-state index is -0.685. The average Bonchev–Trinajstić information content (AvgIpc) is 2.99. The van der Waals surface area contributed by atoms with Gasteiger partial charge in [-0.3, -0.25) is 9.59 Å². The number of carbonyl (C=O) groups excluding carboxylic acids is 2. The summed E-state index contributed by atoms with van der Waals surface area (Å²) in [5.74, 6) is -0.621. The van der Waals surface area contributed by atoms with E-state index in [1.165, 1.54) is 0 Å². The van der Waals surface area contributed by atoms with Crippen molar-refractivity contribution in [3.63, 3.8) is 0 Å². The number of ether oxygens (including phenoxy) is 2. The Kier molecular flexibility index (Phi) is 5.77. The number of carbonyl (C=O) groups is 2. The molecule has 0 aliphatic carbocycles. The quantitative estimate of drug-likeness (QED) is 0.812. The first-order chi connectivity index (χ1) is 10.5. The van der Waals surface area contributed by atoms with E-state index in [9.17, 15) is 9.59 Å². The number of hydrogen-bond donors (Lipinski definition) is 2. The van der Waals surface area contributed by atoms with Crippen LogP contribution in [0.4, 0.5) is 5.69 Å². The van der Waals surface area contributed by atoms with Crippen LogP contribution in [0.15, 0.2) is 24.3 Å². The van der Waals surface area contributed by atoms with Gasteiger partial charge in [-0.15, -0.1) is 0 Å². The molecule has 1 heterocycles. The second-order valence-corrected chi connectivity index (χ2v) is 5.49. The van der Waals surface area contributed by atoms with Gasteiger partial charge in [-0.05, 0) is 51.0 Å². The Morgan fingerprint density at radius 2 is 2.00 bits per heavy atom. The van der Waals surface area contributed by atoms with Crippen LogP contribution in [0, 0.1) is 0 Å². The molecule has 1 atom stereocenters. The van der Waals surface area contributed by atoms with E-state index in [0.29, 0.717) is 12.2 Å². The van der Waals surface area contributed by atoms with Crippen molar-refractivity contribution in [2.24, 2.45) is 0 Å². The molecule has 1 aromatic rings. The zero-order chi connectivity index (χ0) is 15.9. The van der Waals surface area contributed by atoms with Crippen molar-refractivity contribution in [3.8, 4) is 5.75 Å². The van der Waals surface area contributed by atoms with Gasteiger partial charge in [0.1, 0.15) is 5.75 Å². The minimum Gasteiger partial charge on any atom is -0.491 e. The van der Waals surface area contributed by atoms with Crippen molar-refractivity contribution < 1.29 is 19.1 Å². The molecule has 0 spiro atoms. The molecule has 1 aliphatic rings. The second kappa shape index (κ2) is 7.79. The van der Waals surface area contributed by atoms with E-state index in [1.807, 2.05) is 13.8 Å². The zero-order valence-electron chi connectivity index (χ0n) is 12.9. The number of benzene rings is 1. The van der Waals surface area contributed by atoms with Gasteiger partial charge in [0.05, 0.1) is 12.2 Å². The molecule has 6 heteroatoms. The molecule has 2 amide bonds. The normalized spacial score (nSPS) is 17.3. The van der Waals surface area contributed by atoms with Crippen LogP contribution in [0.5, 0.6) is 5.75 Å². The van der Waals surface area contributed by atoms with Crippen LogP contribution in [0.2, 0.25) is 0 Å². The summed E-state index contributed by atoms with van der Waals surface area (Å²) in [7, 11) is 0. The molecular formula is C16H22N2O4. The molecule has 120 valence electrons. The Balaban J connectivity index is 1.78. The largest absolute Gasteiger partial charge is 0.491 e. The summed E-state index contributed by atoms with van der Waals surface area (Å²) >= 11 is 0. The van der Waals surface area contributed by atoms with Gasteiger partial charge in [0, 0.05) is 18.8 Å². The van der Waals surface area contributed by atoms with E-state index in [0.717, 1.165) is 25.2 Å². The van der Waals surface area contributed by atoms with Gasteiger partial charge in [-0.2, -0.15) is 0 Å². The number of nitrogens with one attached hydrogen (secondary N) is 2. The predicted molar refractivity (Wildman–Crippen MR) is 82.8 cm³/mol. The lowest BCUT2D eigenvalue weighted by atomic mass is 10.2. The molecule has 1 saturated heterocycles. The molecule has 1 aliphatic heterocycles. The van der Waals surface area contributed by atoms with Crippen LogP contribution in [-0.2, 0) is 14.3 Å². The molecule has 2 rings (SSSR count). The maximum Gasteiger partial charge on any atom is 0.313 e.